The van der Waals surface area contributed by atoms with E-state index in [0.29, 0.717) is 34.7 Å². The van der Waals surface area contributed by atoms with Crippen molar-refractivity contribution in [3.63, 3.8) is 0 Å². The van der Waals surface area contributed by atoms with Gasteiger partial charge in [0.1, 0.15) is 21.6 Å². The van der Waals surface area contributed by atoms with Gasteiger partial charge in [-0.15, -0.1) is 0 Å². The van der Waals surface area contributed by atoms with Crippen LogP contribution in [0.3, 0.4) is 0 Å². The number of carbonyl (C=O) groups excluding carboxylic acids is 2. The highest BCUT2D eigenvalue weighted by atomic mass is 32.2. The first kappa shape index (κ1) is 35.1. The molecule has 4 heterocycles. The van der Waals surface area contributed by atoms with Gasteiger partial charge < -0.3 is 18.3 Å². The van der Waals surface area contributed by atoms with Gasteiger partial charge in [0.05, 0.1) is 49.1 Å². The molecule has 6 aromatic rings. The molecule has 0 saturated carbocycles. The largest absolute Gasteiger partial charge is 0.469 e. The zero-order valence-electron chi connectivity index (χ0n) is 27.6. The maximum atomic E-state index is 11.7. The molecule has 0 radical (unpaired) electrons. The summed E-state index contributed by atoms with van der Waals surface area (Å²) >= 11 is 3.18. The van der Waals surface area contributed by atoms with Crippen LogP contribution in [0, 0.1) is 13.8 Å². The molecule has 1 atom stereocenters. The van der Waals surface area contributed by atoms with Crippen LogP contribution in [0.2, 0.25) is 0 Å². The summed E-state index contributed by atoms with van der Waals surface area (Å²) in [5.74, 6) is 0.973. The number of esters is 2. The lowest BCUT2D eigenvalue weighted by Gasteiger charge is -2.05. The number of nitrogens with zero attached hydrogens (tertiary/aromatic N) is 4. The SMILES string of the molecule is COC(=O)C(C)c1nc(-c2ccc(Sc3ccccc3)nc2)oc1C.COC(=O)Cc1nc(-c2ccc(Sc3ccccc3)nc2)oc1C. The Hall–Kier alpha value is -5.20. The lowest BCUT2D eigenvalue weighted by atomic mass is 10.1. The molecule has 0 aliphatic heterocycles. The van der Waals surface area contributed by atoms with Gasteiger partial charge in [-0.1, -0.05) is 59.9 Å². The van der Waals surface area contributed by atoms with Crippen LogP contribution in [0.5, 0.6) is 0 Å². The van der Waals surface area contributed by atoms with Crippen molar-refractivity contribution < 1.29 is 27.9 Å². The quantitative estimate of drug-likeness (QED) is 0.128. The zero-order chi connectivity index (χ0) is 34.8. The molecule has 12 heteroatoms. The third kappa shape index (κ3) is 9.46. The number of pyridine rings is 2. The van der Waals surface area contributed by atoms with Crippen LogP contribution >= 0.6 is 23.5 Å². The van der Waals surface area contributed by atoms with Crippen molar-refractivity contribution >= 4 is 35.5 Å². The Morgan fingerprint density at radius 2 is 1.20 bits per heavy atom. The van der Waals surface area contributed by atoms with Crippen LogP contribution < -0.4 is 0 Å². The van der Waals surface area contributed by atoms with Crippen LogP contribution in [0.25, 0.3) is 22.9 Å². The molecular formula is C37H34N4O6S2. The topological polar surface area (TPSA) is 130 Å². The lowest BCUT2D eigenvalue weighted by Crippen LogP contribution is -2.12. The molecule has 0 aliphatic carbocycles. The number of hydrogen-bond acceptors (Lipinski definition) is 12. The molecule has 1 unspecified atom stereocenters. The Kier molecular flexibility index (Phi) is 12.0. The van der Waals surface area contributed by atoms with E-state index in [9.17, 15) is 9.59 Å². The minimum Gasteiger partial charge on any atom is -0.469 e. The molecule has 49 heavy (non-hydrogen) atoms. The van der Waals surface area contributed by atoms with Crippen LogP contribution in [-0.2, 0) is 25.5 Å². The first-order valence-electron chi connectivity index (χ1n) is 15.2. The molecule has 0 aliphatic rings. The highest BCUT2D eigenvalue weighted by Crippen LogP contribution is 2.30. The predicted octanol–water partition coefficient (Wildman–Crippen LogP) is 8.38. The number of oxazole rings is 2. The molecule has 10 nitrogen and oxygen atoms in total. The number of hydrogen-bond donors (Lipinski definition) is 0. The molecular weight excluding hydrogens is 661 g/mol. The molecule has 2 aromatic carbocycles. The van der Waals surface area contributed by atoms with E-state index in [0.717, 1.165) is 31.0 Å². The van der Waals surface area contributed by atoms with Gasteiger partial charge in [0.15, 0.2) is 0 Å². The van der Waals surface area contributed by atoms with Gasteiger partial charge in [-0.25, -0.2) is 19.9 Å². The first-order chi connectivity index (χ1) is 23.7. The molecule has 0 saturated heterocycles. The molecule has 0 amide bonds. The van der Waals surface area contributed by atoms with Crippen molar-refractivity contribution in [1.29, 1.82) is 0 Å². The Balaban J connectivity index is 0.000000191. The van der Waals surface area contributed by atoms with Crippen LogP contribution in [0.15, 0.2) is 126 Å². The van der Waals surface area contributed by atoms with Crippen molar-refractivity contribution in [2.75, 3.05) is 14.2 Å². The number of rotatable bonds is 10. The first-order valence-corrected chi connectivity index (χ1v) is 16.8. The summed E-state index contributed by atoms with van der Waals surface area (Å²) in [6, 6.07) is 27.8. The Morgan fingerprint density at radius 1 is 0.694 bits per heavy atom. The third-order valence-electron chi connectivity index (χ3n) is 7.13. The second-order valence-electron chi connectivity index (χ2n) is 10.6. The molecule has 250 valence electrons. The number of aromatic nitrogens is 4. The molecule has 0 N–H and O–H groups in total. The highest BCUT2D eigenvalue weighted by molar-refractivity contribution is 7.99. The molecule has 6 rings (SSSR count). The van der Waals surface area contributed by atoms with Gasteiger partial charge in [0.25, 0.3) is 0 Å². The van der Waals surface area contributed by atoms with E-state index in [1.807, 2.05) is 84.9 Å². The summed E-state index contributed by atoms with van der Waals surface area (Å²) in [5, 5.41) is 1.78. The zero-order valence-corrected chi connectivity index (χ0v) is 29.2. The number of methoxy groups -OCH3 is 2. The minimum absolute atomic E-state index is 0.0984. The van der Waals surface area contributed by atoms with Crippen molar-refractivity contribution in [3.8, 4) is 22.9 Å². The second kappa shape index (κ2) is 16.8. The normalized spacial score (nSPS) is 11.3. The fourth-order valence-corrected chi connectivity index (χ4v) is 6.05. The van der Waals surface area contributed by atoms with Gasteiger partial charge in [-0.3, -0.25) is 9.59 Å². The van der Waals surface area contributed by atoms with Gasteiger partial charge >= 0.3 is 11.9 Å². The van der Waals surface area contributed by atoms with E-state index in [1.165, 1.54) is 14.2 Å². The van der Waals surface area contributed by atoms with Crippen molar-refractivity contribution in [2.24, 2.45) is 0 Å². The Labute approximate surface area is 292 Å². The van der Waals surface area contributed by atoms with E-state index >= 15 is 0 Å². The maximum absolute atomic E-state index is 11.7. The summed E-state index contributed by atoms with van der Waals surface area (Å²) in [6.45, 7) is 5.32. The van der Waals surface area contributed by atoms with Gasteiger partial charge in [0.2, 0.25) is 11.8 Å². The summed E-state index contributed by atoms with van der Waals surface area (Å²) in [6.07, 6.45) is 3.54. The standard InChI is InChI=1S/C19H18N2O3S.C18H16N2O3S/c1-12(19(22)23-3)17-13(2)24-18(21-17)14-9-10-16(20-11-14)25-15-7-5-4-6-8-15;1-12-15(10-17(21)22-2)20-18(23-12)13-8-9-16(19-11-13)24-14-6-4-3-5-7-14/h4-12H,1-3H3;3-9,11H,10H2,1-2H3. The van der Waals surface area contributed by atoms with E-state index in [1.54, 1.807) is 56.7 Å². The van der Waals surface area contributed by atoms with Crippen molar-refractivity contribution in [3.05, 3.63) is 120 Å². The van der Waals surface area contributed by atoms with Crippen LogP contribution in [0.1, 0.15) is 35.7 Å². The average molecular weight is 695 g/mol. The summed E-state index contributed by atoms with van der Waals surface area (Å²) in [7, 11) is 2.72. The molecule has 4 aromatic heterocycles. The fraction of sp³-hybridized carbons (Fsp3) is 0.189. The third-order valence-corrected chi connectivity index (χ3v) is 9.04. The monoisotopic (exact) mass is 694 g/mol. The lowest BCUT2D eigenvalue weighted by molar-refractivity contribution is -0.142. The summed E-state index contributed by atoms with van der Waals surface area (Å²) in [5.41, 5.74) is 2.71. The number of benzene rings is 2. The average Bonchev–Trinajstić information content (AvgIpc) is 3.70. The minimum atomic E-state index is -0.469. The van der Waals surface area contributed by atoms with E-state index in [4.69, 9.17) is 13.6 Å². The van der Waals surface area contributed by atoms with Crippen molar-refractivity contribution in [1.82, 2.24) is 19.9 Å². The fourth-order valence-electron chi connectivity index (χ4n) is 4.50. The van der Waals surface area contributed by atoms with Gasteiger partial charge in [-0.05, 0) is 69.3 Å². The van der Waals surface area contributed by atoms with Gasteiger partial charge in [-0.2, -0.15) is 0 Å². The van der Waals surface area contributed by atoms with E-state index < -0.39 is 5.92 Å². The molecule has 0 fully saturated rings. The second-order valence-corrected chi connectivity index (χ2v) is 12.8. The number of aryl methyl sites for hydroxylation is 2. The Bertz CT molecular complexity index is 1980. The van der Waals surface area contributed by atoms with Gasteiger partial charge in [0, 0.05) is 22.2 Å². The van der Waals surface area contributed by atoms with Crippen LogP contribution in [-0.4, -0.2) is 46.1 Å². The Morgan fingerprint density at radius 3 is 1.67 bits per heavy atom. The summed E-state index contributed by atoms with van der Waals surface area (Å²) < 4.78 is 20.8. The molecule has 0 bridgehead atoms. The predicted molar refractivity (Wildman–Crippen MR) is 186 cm³/mol. The smallest absolute Gasteiger partial charge is 0.314 e. The number of ether oxygens (including phenoxy) is 2. The number of carbonyl (C=O) groups is 2. The summed E-state index contributed by atoms with van der Waals surface area (Å²) in [4.78, 5) is 43.1. The van der Waals surface area contributed by atoms with E-state index in [2.05, 4.69) is 24.7 Å². The van der Waals surface area contributed by atoms with Crippen molar-refractivity contribution in [2.45, 2.75) is 53.0 Å². The molecule has 0 spiro atoms. The maximum Gasteiger partial charge on any atom is 0.314 e. The van der Waals surface area contributed by atoms with E-state index in [-0.39, 0.29) is 18.4 Å². The highest BCUT2D eigenvalue weighted by Gasteiger charge is 2.23. The van der Waals surface area contributed by atoms with Crippen LogP contribution in [0.4, 0.5) is 0 Å².